The quantitative estimate of drug-likeness (QED) is 0.585. The Bertz CT molecular complexity index is 713. The second kappa shape index (κ2) is 9.96. The number of carbonyl (C=O) groups excluding carboxylic acids is 3. The predicted octanol–water partition coefficient (Wildman–Crippen LogP) is 1.68. The van der Waals surface area contributed by atoms with E-state index in [1.807, 2.05) is 6.07 Å². The van der Waals surface area contributed by atoms with Crippen molar-refractivity contribution in [3.05, 3.63) is 23.8 Å². The molecule has 2 amide bonds. The highest BCUT2D eigenvalue weighted by molar-refractivity contribution is 6.35. The normalized spacial score (nSPS) is 15.5. The van der Waals surface area contributed by atoms with Gasteiger partial charge in [0.1, 0.15) is 0 Å². The third-order valence-electron chi connectivity index (χ3n) is 4.85. The Kier molecular flexibility index (Phi) is 7.66. The molecule has 1 fully saturated rings. The SMILES string of the molecule is CCOC(=O)C1CCN(C(=O)C(=O)NC(C)c2ccc(OC)c(OC)c2)CC1. The summed E-state index contributed by atoms with van der Waals surface area (Å²) in [5.41, 5.74) is 0.791. The van der Waals surface area contributed by atoms with Crippen molar-refractivity contribution >= 4 is 17.8 Å². The van der Waals surface area contributed by atoms with Gasteiger partial charge in [0.15, 0.2) is 11.5 Å². The van der Waals surface area contributed by atoms with E-state index in [1.54, 1.807) is 33.1 Å². The lowest BCUT2D eigenvalue weighted by Gasteiger charge is -2.30. The average molecular weight is 392 g/mol. The Morgan fingerprint density at radius 2 is 1.79 bits per heavy atom. The molecule has 0 spiro atoms. The van der Waals surface area contributed by atoms with E-state index in [2.05, 4.69) is 5.32 Å². The summed E-state index contributed by atoms with van der Waals surface area (Å²) >= 11 is 0. The number of hydrogen-bond donors (Lipinski definition) is 1. The molecule has 1 aliphatic heterocycles. The number of methoxy groups -OCH3 is 2. The number of benzene rings is 1. The van der Waals surface area contributed by atoms with Crippen LogP contribution in [0.4, 0.5) is 0 Å². The molecule has 0 saturated carbocycles. The van der Waals surface area contributed by atoms with Gasteiger partial charge >= 0.3 is 17.8 Å². The third-order valence-corrected chi connectivity index (χ3v) is 4.85. The number of esters is 1. The molecule has 1 saturated heterocycles. The Morgan fingerprint density at radius 1 is 1.14 bits per heavy atom. The molecule has 8 heteroatoms. The van der Waals surface area contributed by atoms with Crippen molar-refractivity contribution < 1.29 is 28.6 Å². The van der Waals surface area contributed by atoms with Gasteiger partial charge in [-0.25, -0.2) is 0 Å². The molecule has 0 aromatic heterocycles. The van der Waals surface area contributed by atoms with Gasteiger partial charge in [0.2, 0.25) is 0 Å². The summed E-state index contributed by atoms with van der Waals surface area (Å²) in [6.07, 6.45) is 1.01. The van der Waals surface area contributed by atoms with Crippen LogP contribution in [0, 0.1) is 5.92 Å². The maximum atomic E-state index is 12.4. The fourth-order valence-corrected chi connectivity index (χ4v) is 3.19. The van der Waals surface area contributed by atoms with Crippen molar-refractivity contribution in [3.63, 3.8) is 0 Å². The monoisotopic (exact) mass is 392 g/mol. The zero-order chi connectivity index (χ0) is 20.7. The first-order valence-electron chi connectivity index (χ1n) is 9.39. The fourth-order valence-electron chi connectivity index (χ4n) is 3.19. The molecular formula is C20H28N2O6. The van der Waals surface area contributed by atoms with Crippen LogP contribution in [0.15, 0.2) is 18.2 Å². The van der Waals surface area contributed by atoms with Crippen molar-refractivity contribution in [2.75, 3.05) is 33.9 Å². The summed E-state index contributed by atoms with van der Waals surface area (Å²) in [4.78, 5) is 38.1. The van der Waals surface area contributed by atoms with Crippen LogP contribution in [0.2, 0.25) is 0 Å². The van der Waals surface area contributed by atoms with Gasteiger partial charge in [-0.2, -0.15) is 0 Å². The zero-order valence-electron chi connectivity index (χ0n) is 16.8. The van der Waals surface area contributed by atoms with Gasteiger partial charge in [0.05, 0.1) is 32.8 Å². The highest BCUT2D eigenvalue weighted by Gasteiger charge is 2.31. The predicted molar refractivity (Wildman–Crippen MR) is 102 cm³/mol. The van der Waals surface area contributed by atoms with Gasteiger partial charge in [0.25, 0.3) is 0 Å². The van der Waals surface area contributed by atoms with Gasteiger partial charge in [-0.1, -0.05) is 6.07 Å². The van der Waals surface area contributed by atoms with Gasteiger partial charge in [0, 0.05) is 13.1 Å². The van der Waals surface area contributed by atoms with Crippen LogP contribution in [0.3, 0.4) is 0 Å². The minimum atomic E-state index is -0.670. The van der Waals surface area contributed by atoms with E-state index in [-0.39, 0.29) is 17.9 Å². The molecule has 1 unspecified atom stereocenters. The van der Waals surface area contributed by atoms with Gasteiger partial charge in [-0.3, -0.25) is 14.4 Å². The van der Waals surface area contributed by atoms with Crippen molar-refractivity contribution in [2.45, 2.75) is 32.7 Å². The van der Waals surface area contributed by atoms with Crippen LogP contribution < -0.4 is 14.8 Å². The van der Waals surface area contributed by atoms with Crippen molar-refractivity contribution in [2.24, 2.45) is 5.92 Å². The number of nitrogens with zero attached hydrogens (tertiary/aromatic N) is 1. The highest BCUT2D eigenvalue weighted by Crippen LogP contribution is 2.30. The standard InChI is InChI=1S/C20H28N2O6/c1-5-28-20(25)14-8-10-22(11-9-14)19(24)18(23)21-13(2)15-6-7-16(26-3)17(12-15)27-4/h6-7,12-14H,5,8-11H2,1-4H3,(H,21,23). The van der Waals surface area contributed by atoms with Crippen LogP contribution >= 0.6 is 0 Å². The summed E-state index contributed by atoms with van der Waals surface area (Å²) in [6.45, 7) is 4.62. The number of carbonyl (C=O) groups is 3. The van der Waals surface area contributed by atoms with E-state index in [0.29, 0.717) is 44.0 Å². The molecule has 8 nitrogen and oxygen atoms in total. The van der Waals surface area contributed by atoms with E-state index in [9.17, 15) is 14.4 Å². The molecule has 2 rings (SSSR count). The number of rotatable bonds is 6. The Balaban J connectivity index is 1.92. The number of nitrogens with one attached hydrogen (secondary N) is 1. The summed E-state index contributed by atoms with van der Waals surface area (Å²) in [5.74, 6) is -0.566. The number of ether oxygens (including phenoxy) is 3. The molecule has 1 aromatic carbocycles. The molecule has 1 aromatic rings. The second-order valence-corrected chi connectivity index (χ2v) is 6.63. The van der Waals surface area contributed by atoms with Crippen molar-refractivity contribution in [1.29, 1.82) is 0 Å². The Morgan fingerprint density at radius 3 is 2.36 bits per heavy atom. The lowest BCUT2D eigenvalue weighted by molar-refractivity contribution is -0.152. The highest BCUT2D eigenvalue weighted by atomic mass is 16.5. The molecule has 154 valence electrons. The minimum absolute atomic E-state index is 0.210. The maximum absolute atomic E-state index is 12.4. The molecule has 0 bridgehead atoms. The van der Waals surface area contributed by atoms with Crippen molar-refractivity contribution in [3.8, 4) is 11.5 Å². The van der Waals surface area contributed by atoms with Crippen LogP contribution in [-0.4, -0.2) is 56.6 Å². The Labute approximate surface area is 165 Å². The Hall–Kier alpha value is -2.77. The molecule has 1 atom stereocenters. The van der Waals surface area contributed by atoms with Crippen LogP contribution in [0.1, 0.15) is 38.3 Å². The first-order chi connectivity index (χ1) is 13.4. The lowest BCUT2D eigenvalue weighted by Crippen LogP contribution is -2.47. The van der Waals surface area contributed by atoms with E-state index in [1.165, 1.54) is 12.0 Å². The number of piperidine rings is 1. The first kappa shape index (κ1) is 21.5. The fraction of sp³-hybridized carbons (Fsp3) is 0.550. The molecule has 0 aliphatic carbocycles. The van der Waals surface area contributed by atoms with E-state index < -0.39 is 11.8 Å². The number of amides is 2. The first-order valence-corrected chi connectivity index (χ1v) is 9.39. The smallest absolute Gasteiger partial charge is 0.311 e. The molecular weight excluding hydrogens is 364 g/mol. The van der Waals surface area contributed by atoms with E-state index >= 15 is 0 Å². The van der Waals surface area contributed by atoms with Crippen LogP contribution in [-0.2, 0) is 19.1 Å². The summed E-state index contributed by atoms with van der Waals surface area (Å²) in [7, 11) is 3.08. The molecule has 0 radical (unpaired) electrons. The average Bonchev–Trinajstić information content (AvgIpc) is 2.72. The van der Waals surface area contributed by atoms with Gasteiger partial charge in [-0.05, 0) is 44.4 Å². The topological polar surface area (TPSA) is 94.2 Å². The van der Waals surface area contributed by atoms with Gasteiger partial charge < -0.3 is 24.4 Å². The van der Waals surface area contributed by atoms with E-state index in [0.717, 1.165) is 5.56 Å². The molecule has 28 heavy (non-hydrogen) atoms. The van der Waals surface area contributed by atoms with E-state index in [4.69, 9.17) is 14.2 Å². The lowest BCUT2D eigenvalue weighted by atomic mass is 9.97. The second-order valence-electron chi connectivity index (χ2n) is 6.63. The van der Waals surface area contributed by atoms with Crippen LogP contribution in [0.5, 0.6) is 11.5 Å². The largest absolute Gasteiger partial charge is 0.493 e. The number of likely N-dealkylation sites (tertiary alicyclic amines) is 1. The van der Waals surface area contributed by atoms with Crippen molar-refractivity contribution in [1.82, 2.24) is 10.2 Å². The summed E-state index contributed by atoms with van der Waals surface area (Å²) in [5, 5.41) is 2.72. The maximum Gasteiger partial charge on any atom is 0.311 e. The summed E-state index contributed by atoms with van der Waals surface area (Å²) in [6, 6.07) is 4.94. The molecule has 1 heterocycles. The van der Waals surface area contributed by atoms with Crippen LogP contribution in [0.25, 0.3) is 0 Å². The minimum Gasteiger partial charge on any atom is -0.493 e. The van der Waals surface area contributed by atoms with Gasteiger partial charge in [-0.15, -0.1) is 0 Å². The molecule has 1 N–H and O–H groups in total. The molecule has 1 aliphatic rings. The summed E-state index contributed by atoms with van der Waals surface area (Å²) < 4.78 is 15.5. The third kappa shape index (κ3) is 5.15. The zero-order valence-corrected chi connectivity index (χ0v) is 16.8. The number of hydrogen-bond acceptors (Lipinski definition) is 6.